The SMILES string of the molecule is CCCCOC(=O)C(C)Oc1ccc2oc(-c3oc(=O)c(C)c(O)c3C)cc2c1. The molecule has 0 fully saturated rings. The average Bonchev–Trinajstić information content (AvgIpc) is 3.12. The number of unbranched alkanes of at least 4 members (excludes halogenated alkanes) is 1. The summed E-state index contributed by atoms with van der Waals surface area (Å²) in [4.78, 5) is 23.9. The average molecular weight is 400 g/mol. The molecule has 2 heterocycles. The van der Waals surface area contributed by atoms with E-state index in [1.807, 2.05) is 6.92 Å². The number of hydrogen-bond acceptors (Lipinski definition) is 7. The Kier molecular flexibility index (Phi) is 5.96. The van der Waals surface area contributed by atoms with Crippen molar-refractivity contribution in [3.63, 3.8) is 0 Å². The van der Waals surface area contributed by atoms with E-state index in [0.29, 0.717) is 34.6 Å². The molecule has 7 heteroatoms. The lowest BCUT2D eigenvalue weighted by Gasteiger charge is -2.13. The van der Waals surface area contributed by atoms with E-state index < -0.39 is 17.7 Å². The van der Waals surface area contributed by atoms with E-state index in [9.17, 15) is 14.7 Å². The predicted molar refractivity (Wildman–Crippen MR) is 107 cm³/mol. The number of ether oxygens (including phenoxy) is 2. The molecule has 29 heavy (non-hydrogen) atoms. The Bertz CT molecular complexity index is 1090. The zero-order valence-corrected chi connectivity index (χ0v) is 16.9. The van der Waals surface area contributed by atoms with Gasteiger partial charge in [0, 0.05) is 10.9 Å². The third kappa shape index (κ3) is 4.29. The van der Waals surface area contributed by atoms with Crippen molar-refractivity contribution >= 4 is 16.9 Å². The second-order valence-corrected chi connectivity index (χ2v) is 6.91. The van der Waals surface area contributed by atoms with Crippen LogP contribution in [0.3, 0.4) is 0 Å². The lowest BCUT2D eigenvalue weighted by molar-refractivity contribution is -0.151. The van der Waals surface area contributed by atoms with Crippen molar-refractivity contribution < 1.29 is 28.2 Å². The van der Waals surface area contributed by atoms with Gasteiger partial charge in [-0.2, -0.15) is 0 Å². The number of aromatic hydroxyl groups is 1. The summed E-state index contributed by atoms with van der Waals surface area (Å²) >= 11 is 0. The van der Waals surface area contributed by atoms with Gasteiger partial charge in [0.2, 0.25) is 0 Å². The summed E-state index contributed by atoms with van der Waals surface area (Å²) < 4.78 is 21.9. The first-order chi connectivity index (χ1) is 13.8. The second-order valence-electron chi connectivity index (χ2n) is 6.91. The van der Waals surface area contributed by atoms with Crippen molar-refractivity contribution in [3.05, 3.63) is 45.8 Å². The highest BCUT2D eigenvalue weighted by Gasteiger charge is 2.19. The van der Waals surface area contributed by atoms with E-state index in [-0.39, 0.29) is 17.1 Å². The smallest absolute Gasteiger partial charge is 0.347 e. The molecular weight excluding hydrogens is 376 g/mol. The predicted octanol–water partition coefficient (Wildman–Crippen LogP) is 4.49. The maximum Gasteiger partial charge on any atom is 0.347 e. The highest BCUT2D eigenvalue weighted by atomic mass is 16.6. The summed E-state index contributed by atoms with van der Waals surface area (Å²) in [6.45, 7) is 7.17. The minimum atomic E-state index is -0.745. The Balaban J connectivity index is 1.84. The van der Waals surface area contributed by atoms with E-state index in [1.54, 1.807) is 38.1 Å². The highest BCUT2D eigenvalue weighted by Crippen LogP contribution is 2.34. The molecule has 0 bridgehead atoms. The molecule has 1 N–H and O–H groups in total. The molecule has 0 aliphatic rings. The van der Waals surface area contributed by atoms with Crippen molar-refractivity contribution in [1.29, 1.82) is 0 Å². The molecule has 1 aromatic carbocycles. The fourth-order valence-corrected chi connectivity index (χ4v) is 2.86. The summed E-state index contributed by atoms with van der Waals surface area (Å²) in [5, 5.41) is 10.8. The van der Waals surface area contributed by atoms with Crippen LogP contribution in [0.2, 0.25) is 0 Å². The van der Waals surface area contributed by atoms with Crippen LogP contribution in [-0.2, 0) is 9.53 Å². The van der Waals surface area contributed by atoms with Gasteiger partial charge in [0.1, 0.15) is 17.1 Å². The van der Waals surface area contributed by atoms with Crippen molar-refractivity contribution in [2.75, 3.05) is 6.61 Å². The van der Waals surface area contributed by atoms with Gasteiger partial charge in [-0.15, -0.1) is 0 Å². The molecule has 2 aromatic heterocycles. The third-order valence-electron chi connectivity index (χ3n) is 4.65. The fraction of sp³-hybridized carbons (Fsp3) is 0.364. The monoisotopic (exact) mass is 400 g/mol. The third-order valence-corrected chi connectivity index (χ3v) is 4.65. The first-order valence-corrected chi connectivity index (χ1v) is 9.52. The Labute approximate surface area is 167 Å². The molecule has 1 atom stereocenters. The number of benzene rings is 1. The van der Waals surface area contributed by atoms with Gasteiger partial charge >= 0.3 is 11.6 Å². The number of hydrogen-bond donors (Lipinski definition) is 1. The lowest BCUT2D eigenvalue weighted by atomic mass is 10.1. The van der Waals surface area contributed by atoms with Gasteiger partial charge in [-0.3, -0.25) is 0 Å². The van der Waals surface area contributed by atoms with E-state index in [0.717, 1.165) is 12.8 Å². The minimum Gasteiger partial charge on any atom is -0.507 e. The molecule has 0 aliphatic heterocycles. The van der Waals surface area contributed by atoms with Crippen molar-refractivity contribution in [2.45, 2.75) is 46.6 Å². The van der Waals surface area contributed by atoms with Crippen LogP contribution in [0, 0.1) is 13.8 Å². The van der Waals surface area contributed by atoms with Gasteiger partial charge in [-0.05, 0) is 51.5 Å². The zero-order valence-electron chi connectivity index (χ0n) is 16.9. The Hall–Kier alpha value is -3.22. The molecule has 154 valence electrons. The molecule has 0 saturated carbocycles. The van der Waals surface area contributed by atoms with E-state index in [2.05, 4.69) is 0 Å². The van der Waals surface area contributed by atoms with Crippen molar-refractivity contribution in [2.24, 2.45) is 0 Å². The van der Waals surface area contributed by atoms with Gasteiger partial charge in [-0.1, -0.05) is 13.3 Å². The number of fused-ring (bicyclic) bond motifs is 1. The molecule has 0 spiro atoms. The van der Waals surface area contributed by atoms with E-state index in [1.165, 1.54) is 6.92 Å². The Morgan fingerprint density at radius 2 is 1.93 bits per heavy atom. The zero-order chi connectivity index (χ0) is 21.1. The molecule has 0 saturated heterocycles. The van der Waals surface area contributed by atoms with E-state index >= 15 is 0 Å². The first kappa shape index (κ1) is 20.5. The van der Waals surface area contributed by atoms with Crippen LogP contribution in [0.1, 0.15) is 37.8 Å². The lowest BCUT2D eigenvalue weighted by Crippen LogP contribution is -2.26. The second kappa shape index (κ2) is 8.43. The molecule has 0 amide bonds. The first-order valence-electron chi connectivity index (χ1n) is 9.52. The van der Waals surface area contributed by atoms with Crippen LogP contribution in [0.5, 0.6) is 11.5 Å². The number of rotatable bonds is 7. The minimum absolute atomic E-state index is 0.115. The van der Waals surface area contributed by atoms with Gasteiger partial charge in [-0.25, -0.2) is 9.59 Å². The van der Waals surface area contributed by atoms with Gasteiger partial charge in [0.05, 0.1) is 12.2 Å². The van der Waals surface area contributed by atoms with Crippen LogP contribution in [0.25, 0.3) is 22.5 Å². The molecule has 3 aromatic rings. The van der Waals surface area contributed by atoms with Gasteiger partial charge in [0.15, 0.2) is 17.6 Å². The Morgan fingerprint density at radius 1 is 1.17 bits per heavy atom. The molecule has 1 unspecified atom stereocenters. The molecule has 0 aliphatic carbocycles. The Morgan fingerprint density at radius 3 is 2.66 bits per heavy atom. The summed E-state index contributed by atoms with van der Waals surface area (Å²) in [7, 11) is 0. The van der Waals surface area contributed by atoms with E-state index in [4.69, 9.17) is 18.3 Å². The topological polar surface area (TPSA) is 99.1 Å². The summed E-state index contributed by atoms with van der Waals surface area (Å²) in [6.07, 6.45) is 1.01. The number of furan rings is 1. The summed E-state index contributed by atoms with van der Waals surface area (Å²) in [6, 6.07) is 6.79. The number of carbonyl (C=O) groups excluding carboxylic acids is 1. The summed E-state index contributed by atoms with van der Waals surface area (Å²) in [5.74, 6) is 0.434. The maximum atomic E-state index is 12.0. The standard InChI is InChI=1S/C22H24O7/c1-5-6-9-26-22(25)14(4)27-16-7-8-17-15(10-16)11-18(28-17)20-12(2)19(23)13(3)21(24)29-20/h7-8,10-11,14,23H,5-6,9H2,1-4H3. The van der Waals surface area contributed by atoms with Crippen LogP contribution >= 0.6 is 0 Å². The largest absolute Gasteiger partial charge is 0.507 e. The van der Waals surface area contributed by atoms with Crippen LogP contribution < -0.4 is 10.4 Å². The fourth-order valence-electron chi connectivity index (χ4n) is 2.86. The molecule has 7 nitrogen and oxygen atoms in total. The van der Waals surface area contributed by atoms with Crippen LogP contribution in [-0.4, -0.2) is 23.8 Å². The quantitative estimate of drug-likeness (QED) is 0.461. The van der Waals surface area contributed by atoms with Gasteiger partial charge in [0.25, 0.3) is 0 Å². The van der Waals surface area contributed by atoms with Gasteiger partial charge < -0.3 is 23.4 Å². The highest BCUT2D eigenvalue weighted by molar-refractivity contribution is 5.84. The molecular formula is C22H24O7. The van der Waals surface area contributed by atoms with Crippen LogP contribution in [0.15, 0.2) is 37.9 Å². The van der Waals surface area contributed by atoms with Crippen molar-refractivity contribution in [1.82, 2.24) is 0 Å². The summed E-state index contributed by atoms with van der Waals surface area (Å²) in [5.41, 5.74) is 0.495. The number of carbonyl (C=O) groups is 1. The molecule has 3 rings (SSSR count). The molecule has 0 radical (unpaired) electrons. The number of esters is 1. The van der Waals surface area contributed by atoms with Crippen molar-refractivity contribution in [3.8, 4) is 23.0 Å². The maximum absolute atomic E-state index is 12.0. The normalized spacial score (nSPS) is 12.1. The van der Waals surface area contributed by atoms with Crippen LogP contribution in [0.4, 0.5) is 0 Å².